The van der Waals surface area contributed by atoms with Crippen LogP contribution in [0.15, 0.2) is 30.3 Å². The lowest BCUT2D eigenvalue weighted by molar-refractivity contribution is -0.185. The van der Waals surface area contributed by atoms with E-state index in [0.717, 1.165) is 10.4 Å². The number of anilines is 1. The molecular weight excluding hydrogens is 389 g/mol. The Bertz CT molecular complexity index is 878. The van der Waals surface area contributed by atoms with E-state index < -0.39 is 29.8 Å². The second-order valence-corrected chi connectivity index (χ2v) is 8.28. The molecule has 8 heteroatoms. The molecule has 28 heavy (non-hydrogen) atoms. The number of nitrogens with one attached hydrogen (secondary N) is 1. The van der Waals surface area contributed by atoms with Crippen LogP contribution in [0.25, 0.3) is 11.1 Å². The first-order valence-electron chi connectivity index (χ1n) is 9.04. The van der Waals surface area contributed by atoms with Crippen LogP contribution in [0.1, 0.15) is 40.9 Å². The van der Waals surface area contributed by atoms with Crippen LogP contribution in [-0.2, 0) is 4.79 Å². The molecule has 3 N–H and O–H groups in total. The Labute approximate surface area is 164 Å². The second-order valence-electron chi connectivity index (χ2n) is 7.06. The molecule has 1 aliphatic carbocycles. The van der Waals surface area contributed by atoms with Crippen molar-refractivity contribution in [1.82, 2.24) is 0 Å². The van der Waals surface area contributed by atoms with Crippen molar-refractivity contribution in [3.05, 3.63) is 40.8 Å². The molecule has 2 atom stereocenters. The normalized spacial score (nSPS) is 20.0. The largest absolute Gasteiger partial charge is 0.391 e. The van der Waals surface area contributed by atoms with Crippen LogP contribution in [0, 0.1) is 18.8 Å². The van der Waals surface area contributed by atoms with E-state index in [1.807, 2.05) is 37.3 Å². The first kappa shape index (κ1) is 20.4. The van der Waals surface area contributed by atoms with E-state index in [9.17, 15) is 22.8 Å². The molecule has 2 amide bonds. The lowest BCUT2D eigenvalue weighted by Crippen LogP contribution is -2.34. The number of thiophene rings is 1. The van der Waals surface area contributed by atoms with Gasteiger partial charge in [0.1, 0.15) is 5.00 Å². The molecule has 2 unspecified atom stereocenters. The van der Waals surface area contributed by atoms with Gasteiger partial charge in [0.05, 0.1) is 11.5 Å². The summed E-state index contributed by atoms with van der Waals surface area (Å²) in [6.07, 6.45) is -3.71. The second kappa shape index (κ2) is 7.95. The molecule has 0 spiro atoms. The van der Waals surface area contributed by atoms with Gasteiger partial charge in [-0.3, -0.25) is 9.59 Å². The molecule has 0 aliphatic heterocycles. The van der Waals surface area contributed by atoms with Crippen molar-refractivity contribution in [2.45, 2.75) is 38.8 Å². The van der Waals surface area contributed by atoms with Gasteiger partial charge in [-0.1, -0.05) is 36.8 Å². The Morgan fingerprint density at radius 1 is 1.18 bits per heavy atom. The number of carbonyl (C=O) groups excluding carboxylic acids is 2. The van der Waals surface area contributed by atoms with Crippen molar-refractivity contribution in [3.63, 3.8) is 0 Å². The summed E-state index contributed by atoms with van der Waals surface area (Å²) in [5.41, 5.74) is 7.20. The maximum absolute atomic E-state index is 13.0. The molecule has 150 valence electrons. The highest BCUT2D eigenvalue weighted by Crippen LogP contribution is 2.42. The number of aryl methyl sites for hydroxylation is 1. The summed E-state index contributed by atoms with van der Waals surface area (Å²) in [5.74, 6) is -3.37. The number of primary amides is 1. The minimum Gasteiger partial charge on any atom is -0.365 e. The molecule has 3 rings (SSSR count). The van der Waals surface area contributed by atoms with Crippen molar-refractivity contribution >= 4 is 28.2 Å². The van der Waals surface area contributed by atoms with Crippen LogP contribution < -0.4 is 11.1 Å². The fourth-order valence-electron chi connectivity index (χ4n) is 3.76. The lowest BCUT2D eigenvalue weighted by atomic mass is 9.80. The van der Waals surface area contributed by atoms with Gasteiger partial charge in [-0.2, -0.15) is 13.2 Å². The Morgan fingerprint density at radius 3 is 2.46 bits per heavy atom. The third-order valence-corrected chi connectivity index (χ3v) is 6.16. The van der Waals surface area contributed by atoms with E-state index in [0.29, 0.717) is 23.4 Å². The van der Waals surface area contributed by atoms with E-state index >= 15 is 0 Å². The average molecular weight is 410 g/mol. The molecule has 1 fully saturated rings. The third kappa shape index (κ3) is 4.22. The molecule has 1 aliphatic rings. The fraction of sp³-hybridized carbons (Fsp3) is 0.400. The van der Waals surface area contributed by atoms with E-state index in [2.05, 4.69) is 5.32 Å². The van der Waals surface area contributed by atoms with Gasteiger partial charge in [-0.25, -0.2) is 0 Å². The SMILES string of the molecule is Cc1sc(NC(=O)C2CCCC(C(F)(F)F)C2)c(C(N)=O)c1-c1ccccc1. The third-order valence-electron chi connectivity index (χ3n) is 5.14. The molecule has 1 heterocycles. The molecule has 2 aromatic rings. The number of amides is 2. The van der Waals surface area contributed by atoms with E-state index in [1.165, 1.54) is 11.3 Å². The monoisotopic (exact) mass is 410 g/mol. The Balaban J connectivity index is 1.86. The number of halogens is 3. The van der Waals surface area contributed by atoms with Gasteiger partial charge in [-0.05, 0) is 31.7 Å². The molecule has 1 saturated carbocycles. The molecule has 1 aromatic heterocycles. The number of benzene rings is 1. The van der Waals surface area contributed by atoms with Gasteiger partial charge >= 0.3 is 6.18 Å². The molecule has 0 saturated heterocycles. The zero-order chi connectivity index (χ0) is 20.5. The predicted octanol–water partition coefficient (Wildman–Crippen LogP) is 5.13. The van der Waals surface area contributed by atoms with Crippen molar-refractivity contribution in [1.29, 1.82) is 0 Å². The van der Waals surface area contributed by atoms with E-state index in [1.54, 1.807) is 0 Å². The Hall–Kier alpha value is -2.35. The van der Waals surface area contributed by atoms with Gasteiger partial charge < -0.3 is 11.1 Å². The van der Waals surface area contributed by atoms with Gasteiger partial charge in [-0.15, -0.1) is 11.3 Å². The number of hydrogen-bond donors (Lipinski definition) is 2. The van der Waals surface area contributed by atoms with Crippen LogP contribution in [0.3, 0.4) is 0 Å². The molecule has 0 bridgehead atoms. The lowest BCUT2D eigenvalue weighted by Gasteiger charge is -2.29. The summed E-state index contributed by atoms with van der Waals surface area (Å²) in [5, 5.41) is 2.97. The first-order valence-corrected chi connectivity index (χ1v) is 9.86. The zero-order valence-electron chi connectivity index (χ0n) is 15.3. The zero-order valence-corrected chi connectivity index (χ0v) is 16.1. The van der Waals surface area contributed by atoms with Crippen LogP contribution in [0.5, 0.6) is 0 Å². The molecule has 0 radical (unpaired) electrons. The molecule has 4 nitrogen and oxygen atoms in total. The average Bonchev–Trinajstić information content (AvgIpc) is 2.97. The van der Waals surface area contributed by atoms with Crippen LogP contribution in [0.2, 0.25) is 0 Å². The Morgan fingerprint density at radius 2 is 1.86 bits per heavy atom. The van der Waals surface area contributed by atoms with Crippen LogP contribution in [0.4, 0.5) is 18.2 Å². The topological polar surface area (TPSA) is 72.2 Å². The summed E-state index contributed by atoms with van der Waals surface area (Å²) in [7, 11) is 0. The summed E-state index contributed by atoms with van der Waals surface area (Å²) < 4.78 is 39.1. The number of rotatable bonds is 4. The molecule has 1 aromatic carbocycles. The fourth-order valence-corrected chi connectivity index (χ4v) is 4.84. The number of carbonyl (C=O) groups is 2. The maximum atomic E-state index is 13.0. The summed E-state index contributed by atoms with van der Waals surface area (Å²) in [4.78, 5) is 25.5. The van der Waals surface area contributed by atoms with Crippen molar-refractivity contribution in [3.8, 4) is 11.1 Å². The maximum Gasteiger partial charge on any atom is 0.391 e. The van der Waals surface area contributed by atoms with Crippen molar-refractivity contribution in [2.75, 3.05) is 5.32 Å². The first-order chi connectivity index (χ1) is 13.2. The summed E-state index contributed by atoms with van der Waals surface area (Å²) in [6.45, 7) is 1.81. The summed E-state index contributed by atoms with van der Waals surface area (Å²) >= 11 is 1.21. The minimum absolute atomic E-state index is 0.0517. The van der Waals surface area contributed by atoms with Crippen molar-refractivity contribution in [2.24, 2.45) is 17.6 Å². The smallest absolute Gasteiger partial charge is 0.365 e. The van der Waals surface area contributed by atoms with Crippen LogP contribution >= 0.6 is 11.3 Å². The van der Waals surface area contributed by atoms with Gasteiger partial charge in [0.2, 0.25) is 5.91 Å². The Kier molecular flexibility index (Phi) is 5.79. The number of nitrogens with two attached hydrogens (primary N) is 1. The molecular formula is C20H21F3N2O2S. The van der Waals surface area contributed by atoms with Gasteiger partial charge in [0.15, 0.2) is 0 Å². The summed E-state index contributed by atoms with van der Waals surface area (Å²) in [6, 6.07) is 9.17. The quantitative estimate of drug-likeness (QED) is 0.733. The van der Waals surface area contributed by atoms with Crippen LogP contribution in [-0.4, -0.2) is 18.0 Å². The number of alkyl halides is 3. The number of hydrogen-bond acceptors (Lipinski definition) is 3. The van der Waals surface area contributed by atoms with E-state index in [-0.39, 0.29) is 18.4 Å². The highest BCUT2D eigenvalue weighted by molar-refractivity contribution is 7.17. The van der Waals surface area contributed by atoms with Gasteiger partial charge in [0.25, 0.3) is 5.91 Å². The van der Waals surface area contributed by atoms with E-state index in [4.69, 9.17) is 5.73 Å². The highest BCUT2D eigenvalue weighted by Gasteiger charge is 2.43. The predicted molar refractivity (Wildman–Crippen MR) is 103 cm³/mol. The highest BCUT2D eigenvalue weighted by atomic mass is 32.1. The standard InChI is InChI=1S/C20H21F3N2O2S/c1-11-15(12-6-3-2-4-7-12)16(17(24)26)19(28-11)25-18(27)13-8-5-9-14(10-13)20(21,22)23/h2-4,6-7,13-14H,5,8-10H2,1H3,(H2,24,26)(H,25,27). The minimum atomic E-state index is -4.29. The van der Waals surface area contributed by atoms with Gasteiger partial charge in [0, 0.05) is 16.4 Å². The van der Waals surface area contributed by atoms with Crippen molar-refractivity contribution < 1.29 is 22.8 Å².